The van der Waals surface area contributed by atoms with Crippen LogP contribution in [0.4, 0.5) is 5.69 Å². The lowest BCUT2D eigenvalue weighted by Crippen LogP contribution is -2.52. The number of anilines is 1. The van der Waals surface area contributed by atoms with Crippen LogP contribution in [0.5, 0.6) is 11.5 Å². The number of hydrogen-bond acceptors (Lipinski definition) is 4. The molecular formula is C30H37N3O2S. The highest BCUT2D eigenvalue weighted by Crippen LogP contribution is 2.57. The summed E-state index contributed by atoms with van der Waals surface area (Å²) < 4.78 is 5.97. The minimum Gasteiger partial charge on any atom is -0.457 e. The Balaban J connectivity index is 1.24. The molecule has 1 aliphatic heterocycles. The van der Waals surface area contributed by atoms with Gasteiger partial charge in [-0.1, -0.05) is 36.9 Å². The number of carbonyl (C=O) groups excluding carboxylic acids is 1. The van der Waals surface area contributed by atoms with Crippen molar-refractivity contribution in [3.05, 3.63) is 54.6 Å². The van der Waals surface area contributed by atoms with Crippen molar-refractivity contribution in [2.45, 2.75) is 70.5 Å². The van der Waals surface area contributed by atoms with Crippen molar-refractivity contribution in [1.82, 2.24) is 4.90 Å². The van der Waals surface area contributed by atoms with Crippen LogP contribution in [-0.2, 0) is 4.79 Å². The van der Waals surface area contributed by atoms with Gasteiger partial charge in [-0.2, -0.15) is 0 Å². The van der Waals surface area contributed by atoms with E-state index in [-0.39, 0.29) is 17.6 Å². The predicted molar refractivity (Wildman–Crippen MR) is 148 cm³/mol. The number of aliphatic imine (C=N–C) groups is 1. The lowest BCUT2D eigenvalue weighted by Gasteiger charge is -2.55. The molecule has 1 heterocycles. The number of rotatable bonds is 7. The Labute approximate surface area is 219 Å². The average Bonchev–Trinajstić information content (AvgIpc) is 3.21. The normalized spacial score (nSPS) is 31.7. The summed E-state index contributed by atoms with van der Waals surface area (Å²) in [6, 6.07) is 17.7. The molecule has 5 fully saturated rings. The summed E-state index contributed by atoms with van der Waals surface area (Å²) in [4.78, 5) is 22.9. The molecule has 5 nitrogen and oxygen atoms in total. The molecule has 7 rings (SSSR count). The highest BCUT2D eigenvalue weighted by molar-refractivity contribution is 8.14. The Hall–Kier alpha value is -2.47. The first kappa shape index (κ1) is 23.9. The highest BCUT2D eigenvalue weighted by Gasteiger charge is 2.52. The number of hydrogen-bond donors (Lipinski definition) is 0. The molecule has 2 aromatic rings. The second-order valence-electron chi connectivity index (χ2n) is 11.3. The lowest BCUT2D eigenvalue weighted by atomic mass is 9.53. The molecular weight excluding hydrogens is 466 g/mol. The zero-order chi connectivity index (χ0) is 24.7. The van der Waals surface area contributed by atoms with Gasteiger partial charge in [-0.25, -0.2) is 0 Å². The first-order chi connectivity index (χ1) is 17.5. The van der Waals surface area contributed by atoms with Crippen LogP contribution in [0.25, 0.3) is 0 Å². The standard InChI is InChI=1S/C30H37N3O2S/c1-3-13-32-28(20-36-29(32)31-30-17-22-14-23(18-30)16-24(15-22)19-30)33(21(2)34)25-9-11-27(12-10-25)35-26-7-5-4-6-8-26/h4-12,22-24,28H,3,13-20H2,1-2H3. The zero-order valence-corrected chi connectivity index (χ0v) is 22.3. The molecule has 0 aromatic heterocycles. The second kappa shape index (κ2) is 9.77. The molecule has 1 saturated heterocycles. The van der Waals surface area contributed by atoms with E-state index in [1.165, 1.54) is 43.7 Å². The zero-order valence-electron chi connectivity index (χ0n) is 21.4. The summed E-state index contributed by atoms with van der Waals surface area (Å²) in [5, 5.41) is 1.17. The molecule has 190 valence electrons. The van der Waals surface area contributed by atoms with Gasteiger partial charge < -0.3 is 9.64 Å². The Kier molecular flexibility index (Phi) is 6.49. The predicted octanol–water partition coefficient (Wildman–Crippen LogP) is 6.94. The van der Waals surface area contributed by atoms with Crippen molar-refractivity contribution in [3.63, 3.8) is 0 Å². The van der Waals surface area contributed by atoms with E-state index in [1.807, 2.05) is 71.3 Å². The van der Waals surface area contributed by atoms with E-state index in [2.05, 4.69) is 11.8 Å². The molecule has 2 aromatic carbocycles. The number of amides is 1. The summed E-state index contributed by atoms with van der Waals surface area (Å²) >= 11 is 1.85. The summed E-state index contributed by atoms with van der Waals surface area (Å²) in [7, 11) is 0. The monoisotopic (exact) mass is 503 g/mol. The summed E-state index contributed by atoms with van der Waals surface area (Å²) in [6.07, 6.45) is 9.13. The molecule has 1 amide bonds. The van der Waals surface area contributed by atoms with Crippen molar-refractivity contribution >= 4 is 28.5 Å². The van der Waals surface area contributed by atoms with Gasteiger partial charge in [0.15, 0.2) is 5.17 Å². The molecule has 0 radical (unpaired) electrons. The summed E-state index contributed by atoms with van der Waals surface area (Å²) in [6.45, 7) is 4.81. The number of nitrogens with zero attached hydrogens (tertiary/aromatic N) is 3. The number of thioether (sulfide) groups is 1. The van der Waals surface area contributed by atoms with Crippen LogP contribution in [0.3, 0.4) is 0 Å². The van der Waals surface area contributed by atoms with Gasteiger partial charge in [0, 0.05) is 24.9 Å². The van der Waals surface area contributed by atoms with E-state index in [4.69, 9.17) is 9.73 Å². The fourth-order valence-corrected chi connectivity index (χ4v) is 8.78. The molecule has 36 heavy (non-hydrogen) atoms. The minimum atomic E-state index is -0.0130. The van der Waals surface area contributed by atoms with Gasteiger partial charge in [0.2, 0.25) is 5.91 Å². The van der Waals surface area contributed by atoms with E-state index >= 15 is 0 Å². The van der Waals surface area contributed by atoms with E-state index < -0.39 is 0 Å². The number of para-hydroxylation sites is 1. The number of carbonyl (C=O) groups is 1. The van der Waals surface area contributed by atoms with E-state index in [9.17, 15) is 4.79 Å². The van der Waals surface area contributed by atoms with Crippen molar-refractivity contribution in [1.29, 1.82) is 0 Å². The van der Waals surface area contributed by atoms with Crippen LogP contribution in [0.15, 0.2) is 59.6 Å². The van der Waals surface area contributed by atoms with Gasteiger partial charge in [-0.3, -0.25) is 14.7 Å². The first-order valence-electron chi connectivity index (χ1n) is 13.6. The third-order valence-electron chi connectivity index (χ3n) is 8.50. The second-order valence-corrected chi connectivity index (χ2v) is 12.3. The van der Waals surface area contributed by atoms with Crippen LogP contribution in [0.2, 0.25) is 0 Å². The van der Waals surface area contributed by atoms with E-state index in [1.54, 1.807) is 6.92 Å². The Morgan fingerprint density at radius 2 is 1.61 bits per heavy atom. The molecule has 1 atom stereocenters. The van der Waals surface area contributed by atoms with Crippen molar-refractivity contribution < 1.29 is 9.53 Å². The molecule has 4 aliphatic carbocycles. The van der Waals surface area contributed by atoms with Crippen LogP contribution < -0.4 is 9.64 Å². The topological polar surface area (TPSA) is 45.1 Å². The summed E-state index contributed by atoms with van der Waals surface area (Å²) in [5.41, 5.74) is 1.06. The third-order valence-corrected chi connectivity index (χ3v) is 9.55. The van der Waals surface area contributed by atoms with Gasteiger partial charge in [-0.05, 0) is 99.1 Å². The fourth-order valence-electron chi connectivity index (χ4n) is 7.51. The largest absolute Gasteiger partial charge is 0.457 e. The molecule has 0 spiro atoms. The SMILES string of the molecule is CCCN1C(=NC23CC4CC(CC(C4)C2)C3)SCC1N(C(C)=O)c1ccc(Oc2ccccc2)cc1. The number of benzene rings is 2. The van der Waals surface area contributed by atoms with Crippen LogP contribution in [0.1, 0.15) is 58.8 Å². The Morgan fingerprint density at radius 1 is 1.00 bits per heavy atom. The minimum absolute atomic E-state index is 0.0130. The van der Waals surface area contributed by atoms with Gasteiger partial charge in [0.1, 0.15) is 17.7 Å². The number of amidine groups is 1. The molecule has 5 aliphatic rings. The highest BCUT2D eigenvalue weighted by atomic mass is 32.2. The van der Waals surface area contributed by atoms with Crippen molar-refractivity contribution in [2.75, 3.05) is 17.2 Å². The Bertz CT molecular complexity index is 1080. The number of ether oxygens (including phenoxy) is 1. The fraction of sp³-hybridized carbons (Fsp3) is 0.533. The van der Waals surface area contributed by atoms with Gasteiger partial charge >= 0.3 is 0 Å². The third kappa shape index (κ3) is 4.65. The van der Waals surface area contributed by atoms with Crippen molar-refractivity contribution in [3.8, 4) is 11.5 Å². The summed E-state index contributed by atoms with van der Waals surface area (Å²) in [5.74, 6) is 5.14. The van der Waals surface area contributed by atoms with E-state index in [0.717, 1.165) is 53.7 Å². The molecule has 1 unspecified atom stereocenters. The smallest absolute Gasteiger partial charge is 0.225 e. The van der Waals surface area contributed by atoms with Gasteiger partial charge in [-0.15, -0.1) is 0 Å². The van der Waals surface area contributed by atoms with E-state index in [0.29, 0.717) is 0 Å². The van der Waals surface area contributed by atoms with Crippen molar-refractivity contribution in [2.24, 2.45) is 22.7 Å². The molecule has 4 saturated carbocycles. The maximum absolute atomic E-state index is 13.0. The quantitative estimate of drug-likeness (QED) is 0.410. The molecule has 6 heteroatoms. The van der Waals surface area contributed by atoms with Crippen LogP contribution in [-0.4, -0.2) is 40.0 Å². The van der Waals surface area contributed by atoms with Gasteiger partial charge in [0.25, 0.3) is 0 Å². The molecule has 4 bridgehead atoms. The Morgan fingerprint density at radius 3 is 2.19 bits per heavy atom. The van der Waals surface area contributed by atoms with Crippen LogP contribution in [0, 0.1) is 17.8 Å². The maximum Gasteiger partial charge on any atom is 0.225 e. The molecule has 0 N–H and O–H groups in total. The van der Waals surface area contributed by atoms with Gasteiger partial charge in [0.05, 0.1) is 5.54 Å². The average molecular weight is 504 g/mol. The lowest BCUT2D eigenvalue weighted by molar-refractivity contribution is -0.117. The first-order valence-corrected chi connectivity index (χ1v) is 14.6. The van der Waals surface area contributed by atoms with Crippen LogP contribution >= 0.6 is 11.8 Å². The maximum atomic E-state index is 13.0.